The minimum absolute atomic E-state index is 0.145. The molecule has 0 aromatic heterocycles. The molecule has 1 rings (SSSR count). The van der Waals surface area contributed by atoms with E-state index in [1.807, 2.05) is 0 Å². The maximum absolute atomic E-state index is 11.3. The molecular weight excluding hydrogens is 274 g/mol. The lowest BCUT2D eigenvalue weighted by Gasteiger charge is -2.06. The number of aliphatic carboxylic acids is 1. The van der Waals surface area contributed by atoms with Gasteiger partial charge < -0.3 is 20.3 Å². The topological polar surface area (TPSA) is 95.9 Å². The largest absolute Gasteiger partial charge is 0.502 e. The van der Waals surface area contributed by atoms with Crippen molar-refractivity contribution < 1.29 is 24.5 Å². The Labute approximate surface area is 114 Å². The van der Waals surface area contributed by atoms with E-state index in [1.54, 1.807) is 18.2 Å². The molecule has 0 spiro atoms. The SMILES string of the molecule is COc1ccc(CNC(=O)/C=C(\O)C(=O)O)cc1Cl. The fourth-order valence-electron chi connectivity index (χ4n) is 1.25. The summed E-state index contributed by atoms with van der Waals surface area (Å²) in [5, 5.41) is 20.1. The van der Waals surface area contributed by atoms with Gasteiger partial charge in [0, 0.05) is 6.54 Å². The summed E-state index contributed by atoms with van der Waals surface area (Å²) in [5.74, 6) is -2.79. The molecule has 0 bridgehead atoms. The molecule has 1 aromatic carbocycles. The monoisotopic (exact) mass is 285 g/mol. The van der Waals surface area contributed by atoms with Crippen LogP contribution in [0, 0.1) is 0 Å². The molecule has 7 heteroatoms. The van der Waals surface area contributed by atoms with Crippen molar-refractivity contribution in [2.75, 3.05) is 7.11 Å². The van der Waals surface area contributed by atoms with E-state index in [0.717, 1.165) is 0 Å². The van der Waals surface area contributed by atoms with Gasteiger partial charge in [-0.25, -0.2) is 4.79 Å². The molecule has 0 aliphatic heterocycles. The van der Waals surface area contributed by atoms with Crippen molar-refractivity contribution in [2.24, 2.45) is 0 Å². The molecule has 0 unspecified atom stereocenters. The first-order valence-electron chi connectivity index (χ1n) is 5.18. The Bertz CT molecular complexity index is 527. The molecule has 3 N–H and O–H groups in total. The standard InChI is InChI=1S/C12H12ClNO5/c1-19-10-3-2-7(4-8(10)13)6-14-11(16)5-9(15)12(17)18/h2-5,15H,6H2,1H3,(H,14,16)(H,17,18)/b9-5-. The third-order valence-corrected chi connectivity index (χ3v) is 2.47. The number of ether oxygens (including phenoxy) is 1. The second-order valence-electron chi connectivity index (χ2n) is 3.52. The van der Waals surface area contributed by atoms with Gasteiger partial charge in [0.1, 0.15) is 5.75 Å². The summed E-state index contributed by atoms with van der Waals surface area (Å²) >= 11 is 5.90. The number of methoxy groups -OCH3 is 1. The number of amides is 1. The summed E-state index contributed by atoms with van der Waals surface area (Å²) in [7, 11) is 1.49. The number of halogens is 1. The van der Waals surface area contributed by atoms with Crippen LogP contribution in [-0.2, 0) is 16.1 Å². The molecule has 0 aliphatic carbocycles. The van der Waals surface area contributed by atoms with Gasteiger partial charge in [-0.15, -0.1) is 0 Å². The zero-order valence-corrected chi connectivity index (χ0v) is 10.8. The smallest absolute Gasteiger partial charge is 0.371 e. The lowest BCUT2D eigenvalue weighted by Crippen LogP contribution is -2.21. The summed E-state index contributed by atoms with van der Waals surface area (Å²) in [4.78, 5) is 21.6. The van der Waals surface area contributed by atoms with Crippen LogP contribution in [0.3, 0.4) is 0 Å². The zero-order valence-electron chi connectivity index (χ0n) is 10.0. The second kappa shape index (κ2) is 6.65. The molecule has 0 saturated carbocycles. The Morgan fingerprint density at radius 1 is 1.42 bits per heavy atom. The summed E-state index contributed by atoms with van der Waals surface area (Å²) in [6.45, 7) is 0.145. The number of carboxylic acid groups (broad SMARTS) is 1. The van der Waals surface area contributed by atoms with Crippen molar-refractivity contribution >= 4 is 23.5 Å². The quantitative estimate of drug-likeness (QED) is 0.563. The predicted octanol–water partition coefficient (Wildman–Crippen LogP) is 1.49. The van der Waals surface area contributed by atoms with Gasteiger partial charge in [-0.2, -0.15) is 0 Å². The number of aliphatic hydroxyl groups is 1. The Morgan fingerprint density at radius 3 is 2.63 bits per heavy atom. The van der Waals surface area contributed by atoms with Gasteiger partial charge in [0.25, 0.3) is 0 Å². The minimum atomic E-state index is -1.57. The molecule has 0 fully saturated rings. The van der Waals surface area contributed by atoms with Crippen LogP contribution in [0.4, 0.5) is 0 Å². The van der Waals surface area contributed by atoms with Crippen LogP contribution in [0.2, 0.25) is 5.02 Å². The number of aliphatic hydroxyl groups excluding tert-OH is 1. The van der Waals surface area contributed by atoms with Crippen LogP contribution in [0.5, 0.6) is 5.75 Å². The van der Waals surface area contributed by atoms with Gasteiger partial charge in [-0.05, 0) is 17.7 Å². The Hall–Kier alpha value is -2.21. The number of carbonyl (C=O) groups is 2. The van der Waals surface area contributed by atoms with Crippen LogP contribution in [0.25, 0.3) is 0 Å². The highest BCUT2D eigenvalue weighted by molar-refractivity contribution is 6.32. The Kier molecular flexibility index (Phi) is 5.20. The average molecular weight is 286 g/mol. The molecule has 102 valence electrons. The van der Waals surface area contributed by atoms with Crippen molar-refractivity contribution in [1.82, 2.24) is 5.32 Å². The van der Waals surface area contributed by atoms with Crippen molar-refractivity contribution in [3.05, 3.63) is 40.6 Å². The summed E-state index contributed by atoms with van der Waals surface area (Å²) in [6, 6.07) is 4.96. The molecule has 0 radical (unpaired) electrons. The van der Waals surface area contributed by atoms with Crippen molar-refractivity contribution in [2.45, 2.75) is 6.54 Å². The highest BCUT2D eigenvalue weighted by Gasteiger charge is 2.07. The number of nitrogens with one attached hydrogen (secondary N) is 1. The van der Waals surface area contributed by atoms with Crippen LogP contribution < -0.4 is 10.1 Å². The molecule has 0 aliphatic rings. The third-order valence-electron chi connectivity index (χ3n) is 2.17. The van der Waals surface area contributed by atoms with E-state index in [0.29, 0.717) is 22.4 Å². The van der Waals surface area contributed by atoms with Crippen molar-refractivity contribution in [1.29, 1.82) is 0 Å². The van der Waals surface area contributed by atoms with Gasteiger partial charge in [0.15, 0.2) is 0 Å². The van der Waals surface area contributed by atoms with Crippen molar-refractivity contribution in [3.63, 3.8) is 0 Å². The van der Waals surface area contributed by atoms with E-state index in [1.165, 1.54) is 7.11 Å². The lowest BCUT2D eigenvalue weighted by atomic mass is 10.2. The molecule has 0 heterocycles. The molecule has 6 nitrogen and oxygen atoms in total. The van der Waals surface area contributed by atoms with E-state index < -0.39 is 17.6 Å². The van der Waals surface area contributed by atoms with E-state index >= 15 is 0 Å². The Morgan fingerprint density at radius 2 is 2.11 bits per heavy atom. The van der Waals surface area contributed by atoms with Crippen LogP contribution in [0.1, 0.15) is 5.56 Å². The normalized spacial score (nSPS) is 10.9. The molecule has 1 aromatic rings. The van der Waals surface area contributed by atoms with E-state index in [2.05, 4.69) is 5.32 Å². The first kappa shape index (κ1) is 14.8. The summed E-state index contributed by atoms with van der Waals surface area (Å²) in [6.07, 6.45) is 0.591. The van der Waals surface area contributed by atoms with Gasteiger partial charge in [0.05, 0.1) is 18.2 Å². The lowest BCUT2D eigenvalue weighted by molar-refractivity contribution is -0.136. The number of rotatable bonds is 5. The average Bonchev–Trinajstić information content (AvgIpc) is 2.36. The maximum Gasteiger partial charge on any atom is 0.371 e. The predicted molar refractivity (Wildman–Crippen MR) is 68.2 cm³/mol. The van der Waals surface area contributed by atoms with Crippen molar-refractivity contribution in [3.8, 4) is 5.75 Å². The van der Waals surface area contributed by atoms with E-state index in [9.17, 15) is 9.59 Å². The number of carboxylic acids is 1. The fourth-order valence-corrected chi connectivity index (χ4v) is 1.53. The zero-order chi connectivity index (χ0) is 14.4. The number of hydrogen-bond acceptors (Lipinski definition) is 4. The molecule has 0 saturated heterocycles. The maximum atomic E-state index is 11.3. The number of benzene rings is 1. The van der Waals surface area contributed by atoms with Gasteiger partial charge in [0.2, 0.25) is 11.7 Å². The highest BCUT2D eigenvalue weighted by Crippen LogP contribution is 2.24. The van der Waals surface area contributed by atoms with Crippen LogP contribution >= 0.6 is 11.6 Å². The second-order valence-corrected chi connectivity index (χ2v) is 3.93. The van der Waals surface area contributed by atoms with E-state index in [4.69, 9.17) is 26.6 Å². The van der Waals surface area contributed by atoms with Crippen LogP contribution in [0.15, 0.2) is 30.0 Å². The summed E-state index contributed by atoms with van der Waals surface area (Å²) < 4.78 is 4.98. The van der Waals surface area contributed by atoms with Crippen LogP contribution in [-0.4, -0.2) is 29.2 Å². The van der Waals surface area contributed by atoms with E-state index in [-0.39, 0.29) is 6.54 Å². The van der Waals surface area contributed by atoms with Gasteiger partial charge >= 0.3 is 5.97 Å². The molecular formula is C12H12ClNO5. The van der Waals surface area contributed by atoms with Gasteiger partial charge in [-0.1, -0.05) is 17.7 Å². The first-order valence-corrected chi connectivity index (χ1v) is 5.56. The number of carbonyl (C=O) groups excluding carboxylic acids is 1. The first-order chi connectivity index (χ1) is 8.93. The van der Waals surface area contributed by atoms with Gasteiger partial charge in [-0.3, -0.25) is 4.79 Å². The number of hydrogen-bond donors (Lipinski definition) is 3. The highest BCUT2D eigenvalue weighted by atomic mass is 35.5. The molecule has 0 atom stereocenters. The summed E-state index contributed by atoms with van der Waals surface area (Å²) in [5.41, 5.74) is 0.711. The molecule has 1 amide bonds. The third kappa shape index (κ3) is 4.51. The fraction of sp³-hybridized carbons (Fsp3) is 0.167. The Balaban J connectivity index is 2.62. The minimum Gasteiger partial charge on any atom is -0.502 e. The molecule has 19 heavy (non-hydrogen) atoms.